The quantitative estimate of drug-likeness (QED) is 0.867. The molecule has 2 N–H and O–H groups in total. The number of amides is 1. The van der Waals surface area contributed by atoms with Crippen LogP contribution < -0.4 is 10.6 Å². The number of aryl methyl sites for hydroxylation is 1. The molecule has 0 radical (unpaired) electrons. The zero-order valence-electron chi connectivity index (χ0n) is 12.2. The molecule has 1 fully saturated rings. The normalized spacial score (nSPS) is 17.9. The van der Waals surface area contributed by atoms with E-state index in [-0.39, 0.29) is 30.2 Å². The van der Waals surface area contributed by atoms with Crippen LogP contribution in [0.4, 0.5) is 4.39 Å². The maximum atomic E-state index is 13.0. The zero-order chi connectivity index (χ0) is 14.4. The van der Waals surface area contributed by atoms with Crippen molar-refractivity contribution in [1.29, 1.82) is 0 Å². The molecule has 21 heavy (non-hydrogen) atoms. The van der Waals surface area contributed by atoms with Crippen LogP contribution in [0.15, 0.2) is 18.2 Å². The zero-order valence-corrected chi connectivity index (χ0v) is 13.0. The van der Waals surface area contributed by atoms with Gasteiger partial charge in [0.2, 0.25) is 5.91 Å². The minimum Gasteiger partial charge on any atom is -0.375 e. The lowest BCUT2D eigenvalue weighted by molar-refractivity contribution is -0.124. The van der Waals surface area contributed by atoms with E-state index in [4.69, 9.17) is 4.74 Å². The molecule has 1 aromatic carbocycles. The second-order valence-electron chi connectivity index (χ2n) is 5.07. The SMILES string of the molecule is Cc1cc(F)ccc1CCNC(=O)CC1CNCCO1.Cl. The molecule has 2 rings (SSSR count). The number of halogens is 2. The number of ether oxygens (including phenoxy) is 1. The van der Waals surface area contributed by atoms with Gasteiger partial charge >= 0.3 is 0 Å². The lowest BCUT2D eigenvalue weighted by Gasteiger charge is -2.23. The van der Waals surface area contributed by atoms with Gasteiger partial charge in [-0.2, -0.15) is 0 Å². The molecular weight excluding hydrogens is 295 g/mol. The molecule has 1 aliphatic rings. The smallest absolute Gasteiger partial charge is 0.222 e. The third kappa shape index (κ3) is 5.99. The Morgan fingerprint density at radius 2 is 2.33 bits per heavy atom. The monoisotopic (exact) mass is 316 g/mol. The molecule has 4 nitrogen and oxygen atoms in total. The van der Waals surface area contributed by atoms with E-state index in [1.807, 2.05) is 6.92 Å². The summed E-state index contributed by atoms with van der Waals surface area (Å²) in [7, 11) is 0. The summed E-state index contributed by atoms with van der Waals surface area (Å²) >= 11 is 0. The molecule has 0 aromatic heterocycles. The van der Waals surface area contributed by atoms with Crippen LogP contribution in [-0.4, -0.2) is 38.3 Å². The predicted octanol–water partition coefficient (Wildman–Crippen LogP) is 1.59. The molecule has 0 saturated carbocycles. The van der Waals surface area contributed by atoms with E-state index in [1.165, 1.54) is 12.1 Å². The standard InChI is InChI=1S/C15H21FN2O2.ClH/c1-11-8-13(16)3-2-12(11)4-5-18-15(19)9-14-10-17-6-7-20-14;/h2-3,8,14,17H,4-7,9-10H2,1H3,(H,18,19);1H. The Labute approximate surface area is 130 Å². The van der Waals surface area contributed by atoms with E-state index in [0.717, 1.165) is 24.2 Å². The molecule has 1 saturated heterocycles. The summed E-state index contributed by atoms with van der Waals surface area (Å²) in [5.74, 6) is -0.226. The largest absolute Gasteiger partial charge is 0.375 e. The molecule has 1 atom stereocenters. The van der Waals surface area contributed by atoms with E-state index in [1.54, 1.807) is 6.07 Å². The number of carbonyl (C=O) groups excluding carboxylic acids is 1. The van der Waals surface area contributed by atoms with Gasteiger partial charge in [0.1, 0.15) is 5.82 Å². The highest BCUT2D eigenvalue weighted by Crippen LogP contribution is 2.10. The van der Waals surface area contributed by atoms with Gasteiger partial charge in [-0.15, -0.1) is 12.4 Å². The minimum absolute atomic E-state index is 0. The van der Waals surface area contributed by atoms with Crippen LogP contribution in [0.1, 0.15) is 17.5 Å². The molecule has 6 heteroatoms. The van der Waals surface area contributed by atoms with Gasteiger partial charge in [0.05, 0.1) is 19.1 Å². The average Bonchev–Trinajstić information content (AvgIpc) is 2.42. The van der Waals surface area contributed by atoms with Gasteiger partial charge in [-0.3, -0.25) is 4.79 Å². The number of hydrogen-bond donors (Lipinski definition) is 2. The summed E-state index contributed by atoms with van der Waals surface area (Å²) in [5.41, 5.74) is 1.97. The molecule has 0 aliphatic carbocycles. The fourth-order valence-corrected chi connectivity index (χ4v) is 2.31. The first kappa shape index (κ1) is 17.9. The number of hydrogen-bond acceptors (Lipinski definition) is 3. The molecular formula is C15H22ClFN2O2. The molecule has 1 unspecified atom stereocenters. The van der Waals surface area contributed by atoms with E-state index in [9.17, 15) is 9.18 Å². The van der Waals surface area contributed by atoms with Crippen molar-refractivity contribution in [2.45, 2.75) is 25.9 Å². The maximum Gasteiger partial charge on any atom is 0.222 e. The van der Waals surface area contributed by atoms with Gasteiger partial charge < -0.3 is 15.4 Å². The summed E-state index contributed by atoms with van der Waals surface area (Å²) in [6, 6.07) is 4.73. The van der Waals surface area contributed by atoms with Gasteiger partial charge in [-0.05, 0) is 36.6 Å². The summed E-state index contributed by atoms with van der Waals surface area (Å²) in [4.78, 5) is 11.8. The van der Waals surface area contributed by atoms with Crippen molar-refractivity contribution < 1.29 is 13.9 Å². The van der Waals surface area contributed by atoms with Gasteiger partial charge in [0.15, 0.2) is 0 Å². The summed E-state index contributed by atoms with van der Waals surface area (Å²) in [6.45, 7) is 4.67. The summed E-state index contributed by atoms with van der Waals surface area (Å²) in [6.07, 6.45) is 1.06. The van der Waals surface area contributed by atoms with Crippen LogP contribution in [-0.2, 0) is 16.0 Å². The highest BCUT2D eigenvalue weighted by molar-refractivity contribution is 5.85. The van der Waals surface area contributed by atoms with Crippen LogP contribution in [0.2, 0.25) is 0 Å². The molecule has 118 valence electrons. The first-order valence-corrected chi connectivity index (χ1v) is 6.99. The Morgan fingerprint density at radius 3 is 3.00 bits per heavy atom. The number of nitrogens with one attached hydrogen (secondary N) is 2. The predicted molar refractivity (Wildman–Crippen MR) is 82.3 cm³/mol. The van der Waals surface area contributed by atoms with Crippen molar-refractivity contribution >= 4 is 18.3 Å². The fourth-order valence-electron chi connectivity index (χ4n) is 2.31. The number of morpholine rings is 1. The highest BCUT2D eigenvalue weighted by Gasteiger charge is 2.16. The third-order valence-corrected chi connectivity index (χ3v) is 3.44. The maximum absolute atomic E-state index is 13.0. The van der Waals surface area contributed by atoms with Crippen molar-refractivity contribution in [2.75, 3.05) is 26.2 Å². The summed E-state index contributed by atoms with van der Waals surface area (Å²) < 4.78 is 18.4. The van der Waals surface area contributed by atoms with E-state index >= 15 is 0 Å². The van der Waals surface area contributed by atoms with Crippen molar-refractivity contribution in [3.8, 4) is 0 Å². The Hall–Kier alpha value is -1.17. The van der Waals surface area contributed by atoms with Crippen molar-refractivity contribution in [3.05, 3.63) is 35.1 Å². The fraction of sp³-hybridized carbons (Fsp3) is 0.533. The molecule has 1 aliphatic heterocycles. The Bertz CT molecular complexity index is 465. The van der Waals surface area contributed by atoms with Crippen molar-refractivity contribution in [1.82, 2.24) is 10.6 Å². The van der Waals surface area contributed by atoms with Crippen molar-refractivity contribution in [3.63, 3.8) is 0 Å². The molecule has 0 spiro atoms. The average molecular weight is 317 g/mol. The lowest BCUT2D eigenvalue weighted by Crippen LogP contribution is -2.41. The number of benzene rings is 1. The van der Waals surface area contributed by atoms with Crippen LogP contribution in [0.25, 0.3) is 0 Å². The first-order chi connectivity index (χ1) is 9.65. The number of carbonyl (C=O) groups is 1. The second kappa shape index (κ2) is 8.97. The van der Waals surface area contributed by atoms with Gasteiger partial charge in [-0.25, -0.2) is 4.39 Å². The molecule has 1 heterocycles. The minimum atomic E-state index is -0.225. The third-order valence-electron chi connectivity index (χ3n) is 3.44. The Balaban J connectivity index is 0.00000220. The van der Waals surface area contributed by atoms with Gasteiger partial charge in [-0.1, -0.05) is 6.07 Å². The number of rotatable bonds is 5. The molecule has 0 bridgehead atoms. The van der Waals surface area contributed by atoms with Gasteiger partial charge in [0, 0.05) is 19.6 Å². The Kier molecular flexibility index (Phi) is 7.64. The molecule has 1 aromatic rings. The van der Waals surface area contributed by atoms with Crippen LogP contribution in [0, 0.1) is 12.7 Å². The van der Waals surface area contributed by atoms with E-state index in [2.05, 4.69) is 10.6 Å². The highest BCUT2D eigenvalue weighted by atomic mass is 35.5. The van der Waals surface area contributed by atoms with E-state index < -0.39 is 0 Å². The second-order valence-corrected chi connectivity index (χ2v) is 5.07. The van der Waals surface area contributed by atoms with Crippen LogP contribution in [0.3, 0.4) is 0 Å². The lowest BCUT2D eigenvalue weighted by atomic mass is 10.1. The topological polar surface area (TPSA) is 50.4 Å². The van der Waals surface area contributed by atoms with Crippen molar-refractivity contribution in [2.24, 2.45) is 0 Å². The van der Waals surface area contributed by atoms with Crippen LogP contribution >= 0.6 is 12.4 Å². The molecule has 1 amide bonds. The van der Waals surface area contributed by atoms with E-state index in [0.29, 0.717) is 26.0 Å². The Morgan fingerprint density at radius 1 is 1.52 bits per heavy atom. The first-order valence-electron chi connectivity index (χ1n) is 6.99. The van der Waals surface area contributed by atoms with Gasteiger partial charge in [0.25, 0.3) is 0 Å². The van der Waals surface area contributed by atoms with Crippen LogP contribution in [0.5, 0.6) is 0 Å². The summed E-state index contributed by atoms with van der Waals surface area (Å²) in [5, 5.41) is 6.07.